The Balaban J connectivity index is 3.00. The smallest absolute Gasteiger partial charge is 0.129 e. The van der Waals surface area contributed by atoms with Crippen molar-refractivity contribution in [2.45, 2.75) is 25.5 Å². The van der Waals surface area contributed by atoms with Crippen molar-refractivity contribution in [3.8, 4) is 0 Å². The van der Waals surface area contributed by atoms with Crippen molar-refractivity contribution in [1.82, 2.24) is 10.3 Å². The molecule has 1 rings (SSSR count). The third-order valence-corrected chi connectivity index (χ3v) is 2.49. The van der Waals surface area contributed by atoms with E-state index in [1.165, 1.54) is 0 Å². The molecule has 0 amide bonds. The second-order valence-electron chi connectivity index (χ2n) is 3.85. The lowest BCUT2D eigenvalue weighted by Gasteiger charge is -2.30. The Morgan fingerprint density at radius 2 is 2.21 bits per heavy atom. The van der Waals surface area contributed by atoms with Gasteiger partial charge in [0.1, 0.15) is 11.9 Å². The highest BCUT2D eigenvalue weighted by atomic mass is 16.3. The third-order valence-electron chi connectivity index (χ3n) is 2.49. The van der Waals surface area contributed by atoms with Gasteiger partial charge in [0.2, 0.25) is 0 Å². The quantitative estimate of drug-likeness (QED) is 0.663. The number of aliphatic hydroxyl groups is 1. The van der Waals surface area contributed by atoms with E-state index in [2.05, 4.69) is 10.3 Å². The standard InChI is InChI=1S/C10H17N3O/c1-10(2,12-3)8(14)7-5-4-6-13-9(7)11/h4-6,8,12,14H,1-3H3,(H2,11,13). The van der Waals surface area contributed by atoms with Gasteiger partial charge in [0.25, 0.3) is 0 Å². The molecule has 4 heteroatoms. The molecule has 0 bridgehead atoms. The van der Waals surface area contributed by atoms with Gasteiger partial charge in [-0.2, -0.15) is 0 Å². The first-order chi connectivity index (χ1) is 6.49. The zero-order valence-electron chi connectivity index (χ0n) is 8.78. The van der Waals surface area contributed by atoms with E-state index in [9.17, 15) is 5.11 Å². The number of pyridine rings is 1. The second kappa shape index (κ2) is 3.94. The summed E-state index contributed by atoms with van der Waals surface area (Å²) in [5, 5.41) is 13.1. The highest BCUT2D eigenvalue weighted by Crippen LogP contribution is 2.27. The molecule has 1 aromatic heterocycles. The van der Waals surface area contributed by atoms with Gasteiger partial charge in [-0.05, 0) is 27.0 Å². The van der Waals surface area contributed by atoms with Gasteiger partial charge in [0.05, 0.1) is 0 Å². The van der Waals surface area contributed by atoms with Crippen LogP contribution in [0.5, 0.6) is 0 Å². The van der Waals surface area contributed by atoms with Crippen LogP contribution in [0.15, 0.2) is 18.3 Å². The summed E-state index contributed by atoms with van der Waals surface area (Å²) >= 11 is 0. The molecular formula is C10H17N3O. The van der Waals surface area contributed by atoms with Crippen LogP contribution in [0.1, 0.15) is 25.5 Å². The highest BCUT2D eigenvalue weighted by molar-refractivity contribution is 5.41. The Kier molecular flexibility index (Phi) is 3.08. The Morgan fingerprint density at radius 1 is 1.57 bits per heavy atom. The molecule has 0 aromatic carbocycles. The SMILES string of the molecule is CNC(C)(C)C(O)c1cccnc1N. The zero-order chi connectivity index (χ0) is 10.8. The van der Waals surface area contributed by atoms with Crippen molar-refractivity contribution in [1.29, 1.82) is 0 Å². The van der Waals surface area contributed by atoms with Gasteiger partial charge in [-0.1, -0.05) is 6.07 Å². The predicted octanol–water partition coefficient (Wildman–Crippen LogP) is 0.695. The topological polar surface area (TPSA) is 71.2 Å². The molecule has 1 heterocycles. The first-order valence-corrected chi connectivity index (χ1v) is 4.56. The van der Waals surface area contributed by atoms with Gasteiger partial charge in [0, 0.05) is 17.3 Å². The monoisotopic (exact) mass is 195 g/mol. The van der Waals surface area contributed by atoms with Crippen molar-refractivity contribution < 1.29 is 5.11 Å². The van der Waals surface area contributed by atoms with E-state index < -0.39 is 11.6 Å². The average molecular weight is 195 g/mol. The number of anilines is 1. The maximum Gasteiger partial charge on any atom is 0.129 e. The molecule has 0 fully saturated rings. The summed E-state index contributed by atoms with van der Waals surface area (Å²) in [5.41, 5.74) is 5.91. The largest absolute Gasteiger partial charge is 0.386 e. The number of nitrogens with one attached hydrogen (secondary N) is 1. The number of aromatic nitrogens is 1. The fraction of sp³-hybridized carbons (Fsp3) is 0.500. The maximum atomic E-state index is 10.0. The van der Waals surface area contributed by atoms with Crippen LogP contribution in [0.3, 0.4) is 0 Å². The molecule has 1 atom stereocenters. The van der Waals surface area contributed by atoms with E-state index in [1.54, 1.807) is 25.4 Å². The second-order valence-corrected chi connectivity index (χ2v) is 3.85. The molecule has 0 saturated heterocycles. The summed E-state index contributed by atoms with van der Waals surface area (Å²) in [6.07, 6.45) is 0.943. The van der Waals surface area contributed by atoms with Crippen molar-refractivity contribution >= 4 is 5.82 Å². The molecule has 4 N–H and O–H groups in total. The lowest BCUT2D eigenvalue weighted by atomic mass is 9.92. The van der Waals surface area contributed by atoms with Crippen LogP contribution in [0.4, 0.5) is 5.82 Å². The van der Waals surface area contributed by atoms with Crippen molar-refractivity contribution in [2.75, 3.05) is 12.8 Å². The minimum absolute atomic E-state index is 0.378. The van der Waals surface area contributed by atoms with Crippen LogP contribution in [-0.4, -0.2) is 22.7 Å². The van der Waals surface area contributed by atoms with E-state index >= 15 is 0 Å². The fourth-order valence-electron chi connectivity index (χ4n) is 1.19. The van der Waals surface area contributed by atoms with Crippen LogP contribution in [0.2, 0.25) is 0 Å². The highest BCUT2D eigenvalue weighted by Gasteiger charge is 2.28. The number of nitrogens with zero attached hydrogens (tertiary/aromatic N) is 1. The van der Waals surface area contributed by atoms with Gasteiger partial charge in [-0.15, -0.1) is 0 Å². The summed E-state index contributed by atoms with van der Waals surface area (Å²) in [5.74, 6) is 0.378. The molecule has 4 nitrogen and oxygen atoms in total. The van der Waals surface area contributed by atoms with E-state index in [-0.39, 0.29) is 0 Å². The molecule has 1 unspecified atom stereocenters. The van der Waals surface area contributed by atoms with Gasteiger partial charge in [0.15, 0.2) is 0 Å². The number of rotatable bonds is 3. The van der Waals surface area contributed by atoms with E-state index in [0.29, 0.717) is 11.4 Å². The first kappa shape index (κ1) is 10.9. The van der Waals surface area contributed by atoms with E-state index in [4.69, 9.17) is 5.73 Å². The summed E-state index contributed by atoms with van der Waals surface area (Å²) < 4.78 is 0. The maximum absolute atomic E-state index is 10.0. The van der Waals surface area contributed by atoms with Crippen LogP contribution in [0.25, 0.3) is 0 Å². The molecule has 0 aliphatic heterocycles. The lowest BCUT2D eigenvalue weighted by molar-refractivity contribution is 0.0859. The number of aliphatic hydroxyl groups excluding tert-OH is 1. The van der Waals surface area contributed by atoms with Crippen molar-refractivity contribution in [3.05, 3.63) is 23.9 Å². The first-order valence-electron chi connectivity index (χ1n) is 4.56. The molecule has 0 aliphatic carbocycles. The van der Waals surface area contributed by atoms with Crippen LogP contribution in [0, 0.1) is 0 Å². The Labute approximate surface area is 84.2 Å². The summed E-state index contributed by atoms with van der Waals surface area (Å²) in [6, 6.07) is 3.55. The van der Waals surface area contributed by atoms with Crippen LogP contribution in [-0.2, 0) is 0 Å². The molecule has 14 heavy (non-hydrogen) atoms. The number of nitrogen functional groups attached to an aromatic ring is 1. The predicted molar refractivity (Wildman–Crippen MR) is 56.7 cm³/mol. The minimum Gasteiger partial charge on any atom is -0.386 e. The molecule has 0 spiro atoms. The Bertz CT molecular complexity index is 312. The average Bonchev–Trinajstić information content (AvgIpc) is 2.17. The lowest BCUT2D eigenvalue weighted by Crippen LogP contribution is -2.42. The zero-order valence-corrected chi connectivity index (χ0v) is 8.78. The summed E-state index contributed by atoms with van der Waals surface area (Å²) in [4.78, 5) is 3.94. The number of likely N-dealkylation sites (N-methyl/N-ethyl adjacent to an activating group) is 1. The van der Waals surface area contributed by atoms with E-state index in [1.807, 2.05) is 13.8 Å². The number of nitrogens with two attached hydrogens (primary N) is 1. The van der Waals surface area contributed by atoms with Gasteiger partial charge in [-0.3, -0.25) is 0 Å². The molecule has 0 saturated carbocycles. The molecule has 78 valence electrons. The summed E-state index contributed by atoms with van der Waals surface area (Å²) in [6.45, 7) is 3.81. The Morgan fingerprint density at radius 3 is 2.71 bits per heavy atom. The van der Waals surface area contributed by atoms with E-state index in [0.717, 1.165) is 0 Å². The summed E-state index contributed by atoms with van der Waals surface area (Å²) in [7, 11) is 1.80. The van der Waals surface area contributed by atoms with Gasteiger partial charge in [-0.25, -0.2) is 4.98 Å². The number of hydrogen-bond donors (Lipinski definition) is 3. The minimum atomic E-state index is -0.666. The normalized spacial score (nSPS) is 14.0. The van der Waals surface area contributed by atoms with Crippen molar-refractivity contribution in [3.63, 3.8) is 0 Å². The molecular weight excluding hydrogens is 178 g/mol. The third kappa shape index (κ3) is 2.02. The number of hydrogen-bond acceptors (Lipinski definition) is 4. The molecule has 0 aliphatic rings. The fourth-order valence-corrected chi connectivity index (χ4v) is 1.19. The Hall–Kier alpha value is -1.13. The molecule has 1 aromatic rings. The van der Waals surface area contributed by atoms with Gasteiger partial charge >= 0.3 is 0 Å². The van der Waals surface area contributed by atoms with Gasteiger partial charge < -0.3 is 16.2 Å². The van der Waals surface area contributed by atoms with Crippen molar-refractivity contribution in [2.24, 2.45) is 0 Å². The van der Waals surface area contributed by atoms with Crippen LogP contribution >= 0.6 is 0 Å². The molecule has 0 radical (unpaired) electrons. The van der Waals surface area contributed by atoms with Crippen LogP contribution < -0.4 is 11.1 Å².